The topological polar surface area (TPSA) is 59.4 Å². The van der Waals surface area contributed by atoms with E-state index in [1.807, 2.05) is 0 Å². The van der Waals surface area contributed by atoms with E-state index in [4.69, 9.17) is 33.0 Å². The molecule has 4 nitrogen and oxygen atoms in total. The van der Waals surface area contributed by atoms with E-state index in [-0.39, 0.29) is 6.61 Å². The highest BCUT2D eigenvalue weighted by Gasteiger charge is 2.05. The molecule has 0 saturated carbocycles. The number of hydrogen-bond acceptors (Lipinski definition) is 3. The van der Waals surface area contributed by atoms with Gasteiger partial charge in [-0.15, -0.1) is 0 Å². The number of hydrogen-bond donors (Lipinski definition) is 1. The zero-order chi connectivity index (χ0) is 15.2. The minimum atomic E-state index is -1.02. The molecule has 2 rings (SSSR count). The first kappa shape index (κ1) is 15.4. The van der Waals surface area contributed by atoms with E-state index in [0.717, 1.165) is 11.6 Å². The second-order valence-corrected chi connectivity index (χ2v) is 4.93. The summed E-state index contributed by atoms with van der Waals surface area (Å²) in [5.74, 6) is -0.518. The molecule has 0 aliphatic heterocycles. The molecule has 1 heterocycles. The molecule has 108 valence electrons. The van der Waals surface area contributed by atoms with Gasteiger partial charge in [0.1, 0.15) is 12.4 Å². The third-order valence-corrected chi connectivity index (χ3v) is 3.25. The molecule has 0 saturated heterocycles. The number of aliphatic carboxylic acids is 1. The Labute approximate surface area is 131 Å². The summed E-state index contributed by atoms with van der Waals surface area (Å²) in [4.78, 5) is 14.3. The lowest BCUT2D eigenvalue weighted by Gasteiger charge is -2.09. The fraction of sp³-hybridized carbons (Fsp3) is 0.0667. The molecule has 21 heavy (non-hydrogen) atoms. The number of pyridine rings is 1. The molecule has 0 amide bonds. The molecule has 6 heteroatoms. The second kappa shape index (κ2) is 7.11. The summed E-state index contributed by atoms with van der Waals surface area (Å²) in [5, 5.41) is 9.49. The van der Waals surface area contributed by atoms with Crippen molar-refractivity contribution in [3.05, 3.63) is 63.9 Å². The Bertz CT molecular complexity index is 686. The highest BCUT2D eigenvalue weighted by molar-refractivity contribution is 6.32. The van der Waals surface area contributed by atoms with Crippen LogP contribution < -0.4 is 4.74 Å². The third-order valence-electron chi connectivity index (χ3n) is 2.61. The van der Waals surface area contributed by atoms with Crippen LogP contribution in [0.2, 0.25) is 10.0 Å². The first-order chi connectivity index (χ1) is 10.1. The van der Waals surface area contributed by atoms with Crippen LogP contribution >= 0.6 is 23.2 Å². The number of rotatable bonds is 5. The first-order valence-electron chi connectivity index (χ1n) is 5.98. The molecule has 2 aromatic rings. The van der Waals surface area contributed by atoms with Gasteiger partial charge in [-0.1, -0.05) is 29.3 Å². The fourth-order valence-corrected chi connectivity index (χ4v) is 2.00. The van der Waals surface area contributed by atoms with Gasteiger partial charge in [0.2, 0.25) is 0 Å². The van der Waals surface area contributed by atoms with Crippen molar-refractivity contribution < 1.29 is 14.6 Å². The van der Waals surface area contributed by atoms with Crippen molar-refractivity contribution in [1.29, 1.82) is 0 Å². The largest absolute Gasteiger partial charge is 0.487 e. The molecule has 0 spiro atoms. The van der Waals surface area contributed by atoms with Crippen molar-refractivity contribution in [3.8, 4) is 5.75 Å². The number of halogens is 2. The van der Waals surface area contributed by atoms with Gasteiger partial charge in [-0.25, -0.2) is 4.79 Å². The molecule has 1 N–H and O–H groups in total. The Morgan fingerprint density at radius 3 is 2.76 bits per heavy atom. The summed E-state index contributed by atoms with van der Waals surface area (Å²) in [6.45, 7) is 0.269. The van der Waals surface area contributed by atoms with E-state index in [0.29, 0.717) is 21.4 Å². The lowest BCUT2D eigenvalue weighted by Crippen LogP contribution is -1.97. The van der Waals surface area contributed by atoms with Crippen molar-refractivity contribution in [1.82, 2.24) is 4.98 Å². The van der Waals surface area contributed by atoms with Crippen LogP contribution in [0.25, 0.3) is 6.08 Å². The summed E-state index contributed by atoms with van der Waals surface area (Å²) in [5.41, 5.74) is 1.48. The maximum Gasteiger partial charge on any atom is 0.328 e. The van der Waals surface area contributed by atoms with Crippen LogP contribution in [0, 0.1) is 0 Å². The van der Waals surface area contributed by atoms with Crippen molar-refractivity contribution in [3.63, 3.8) is 0 Å². The number of carboxylic acids is 1. The molecule has 0 bridgehead atoms. The standard InChI is InChI=1S/C15H11Cl2NO3/c16-12-7-10(2-4-15(19)20)1-3-14(12)21-9-11-5-6-18-8-13(11)17/h1-8H,9H2,(H,19,20). The fourth-order valence-electron chi connectivity index (χ4n) is 1.58. The highest BCUT2D eigenvalue weighted by atomic mass is 35.5. The van der Waals surface area contributed by atoms with Gasteiger partial charge in [-0.2, -0.15) is 0 Å². The van der Waals surface area contributed by atoms with Crippen molar-refractivity contribution in [2.24, 2.45) is 0 Å². The second-order valence-electron chi connectivity index (χ2n) is 4.12. The van der Waals surface area contributed by atoms with Gasteiger partial charge in [-0.3, -0.25) is 4.98 Å². The predicted molar refractivity (Wildman–Crippen MR) is 81.7 cm³/mol. The van der Waals surface area contributed by atoms with Gasteiger partial charge < -0.3 is 9.84 Å². The summed E-state index contributed by atoms with van der Waals surface area (Å²) in [6.07, 6.45) is 5.67. The maximum atomic E-state index is 10.5. The van der Waals surface area contributed by atoms with Crippen LogP contribution in [0.15, 0.2) is 42.7 Å². The molecular weight excluding hydrogens is 313 g/mol. The smallest absolute Gasteiger partial charge is 0.328 e. The minimum absolute atomic E-state index is 0.269. The van der Waals surface area contributed by atoms with Gasteiger partial charge in [0, 0.05) is 24.0 Å². The van der Waals surface area contributed by atoms with Crippen LogP contribution in [0.3, 0.4) is 0 Å². The number of ether oxygens (including phenoxy) is 1. The van der Waals surface area contributed by atoms with Crippen LogP contribution in [-0.4, -0.2) is 16.1 Å². The number of carboxylic acid groups (broad SMARTS) is 1. The number of nitrogens with zero attached hydrogens (tertiary/aromatic N) is 1. The molecule has 0 aliphatic rings. The van der Waals surface area contributed by atoms with Crippen LogP contribution in [-0.2, 0) is 11.4 Å². The van der Waals surface area contributed by atoms with Crippen LogP contribution in [0.5, 0.6) is 5.75 Å². The SMILES string of the molecule is O=C(O)C=Cc1ccc(OCc2ccncc2Cl)c(Cl)c1. The lowest BCUT2D eigenvalue weighted by molar-refractivity contribution is -0.131. The van der Waals surface area contributed by atoms with Crippen molar-refractivity contribution in [2.75, 3.05) is 0 Å². The molecule has 0 fully saturated rings. The first-order valence-corrected chi connectivity index (χ1v) is 6.73. The molecule has 0 radical (unpaired) electrons. The van der Waals surface area contributed by atoms with Crippen LogP contribution in [0.4, 0.5) is 0 Å². The van der Waals surface area contributed by atoms with E-state index in [1.165, 1.54) is 6.08 Å². The summed E-state index contributed by atoms with van der Waals surface area (Å²) in [7, 11) is 0. The van der Waals surface area contributed by atoms with Gasteiger partial charge in [-0.05, 0) is 29.8 Å². The van der Waals surface area contributed by atoms with Crippen molar-refractivity contribution in [2.45, 2.75) is 6.61 Å². The molecule has 0 unspecified atom stereocenters. The quantitative estimate of drug-likeness (QED) is 0.843. The van der Waals surface area contributed by atoms with Crippen LogP contribution in [0.1, 0.15) is 11.1 Å². The summed E-state index contributed by atoms with van der Waals surface area (Å²) < 4.78 is 5.60. The summed E-state index contributed by atoms with van der Waals surface area (Å²) in [6, 6.07) is 6.79. The van der Waals surface area contributed by atoms with Gasteiger partial charge in [0.15, 0.2) is 0 Å². The maximum absolute atomic E-state index is 10.5. The van der Waals surface area contributed by atoms with E-state index in [2.05, 4.69) is 4.98 Å². The Morgan fingerprint density at radius 2 is 2.10 bits per heavy atom. The van der Waals surface area contributed by atoms with Gasteiger partial charge in [0.25, 0.3) is 0 Å². The third kappa shape index (κ3) is 4.48. The van der Waals surface area contributed by atoms with E-state index in [9.17, 15) is 4.79 Å². The molecule has 0 atom stereocenters. The van der Waals surface area contributed by atoms with E-state index >= 15 is 0 Å². The zero-order valence-electron chi connectivity index (χ0n) is 10.8. The average molecular weight is 324 g/mol. The Balaban J connectivity index is 2.08. The minimum Gasteiger partial charge on any atom is -0.487 e. The van der Waals surface area contributed by atoms with Gasteiger partial charge >= 0.3 is 5.97 Å². The Hall–Kier alpha value is -2.04. The molecular formula is C15H11Cl2NO3. The lowest BCUT2D eigenvalue weighted by atomic mass is 10.2. The zero-order valence-corrected chi connectivity index (χ0v) is 12.3. The van der Waals surface area contributed by atoms with Crippen molar-refractivity contribution >= 4 is 35.2 Å². The number of aromatic nitrogens is 1. The predicted octanol–water partition coefficient (Wildman–Crippen LogP) is 4.07. The monoisotopic (exact) mass is 323 g/mol. The molecule has 1 aromatic heterocycles. The molecule has 0 aliphatic carbocycles. The summed E-state index contributed by atoms with van der Waals surface area (Å²) >= 11 is 12.1. The van der Waals surface area contributed by atoms with Gasteiger partial charge in [0.05, 0.1) is 10.0 Å². The normalized spacial score (nSPS) is 10.8. The Morgan fingerprint density at radius 1 is 1.29 bits per heavy atom. The van der Waals surface area contributed by atoms with E-state index in [1.54, 1.807) is 36.7 Å². The molecule has 1 aromatic carbocycles. The highest BCUT2D eigenvalue weighted by Crippen LogP contribution is 2.27. The average Bonchev–Trinajstić information content (AvgIpc) is 2.45. The van der Waals surface area contributed by atoms with E-state index < -0.39 is 5.97 Å². The number of carbonyl (C=O) groups is 1. The number of benzene rings is 1. The Kier molecular flexibility index (Phi) is 5.20.